The van der Waals surface area contributed by atoms with E-state index >= 15 is 0 Å². The van der Waals surface area contributed by atoms with Crippen molar-refractivity contribution in [3.8, 4) is 39.6 Å². The molecule has 0 spiro atoms. The summed E-state index contributed by atoms with van der Waals surface area (Å²) < 4.78 is 7.47. The number of hydrogen-bond acceptors (Lipinski definition) is 4. The molecule has 0 aliphatic heterocycles. The molecule has 0 N–H and O–H groups in total. The summed E-state index contributed by atoms with van der Waals surface area (Å²) in [5.74, 6) is 0.660. The monoisotopic (exact) mass is 735 g/mol. The van der Waals surface area contributed by atoms with Gasteiger partial charge in [0.15, 0.2) is 0 Å². The first-order chi connectivity index (χ1) is 27.3. The highest BCUT2D eigenvalue weighted by atomic mass is 32.1. The van der Waals surface area contributed by atoms with Crippen molar-refractivity contribution in [3.63, 3.8) is 0 Å². The first-order valence-corrected chi connectivity index (χ1v) is 20.1. The van der Waals surface area contributed by atoms with Crippen LogP contribution in [0.5, 0.6) is 0 Å². The van der Waals surface area contributed by atoms with Crippen LogP contribution in [-0.2, 0) is 0 Å². The third-order valence-corrected chi connectivity index (χ3v) is 13.4. The SMILES string of the molecule is c1ccc(-c2ccc(-c3cc(-c4ccc5sc6ccccc6c5c4)nc(-n4c5ccccc5c5c6ccccc6c6sc7ccccc7c6c54)n3)cc2)cc1. The highest BCUT2D eigenvalue weighted by molar-refractivity contribution is 7.27. The van der Waals surface area contributed by atoms with Crippen LogP contribution in [-0.4, -0.2) is 14.5 Å². The van der Waals surface area contributed by atoms with E-state index in [4.69, 9.17) is 9.97 Å². The van der Waals surface area contributed by atoms with Gasteiger partial charge in [0.25, 0.3) is 0 Å². The molecule has 256 valence electrons. The van der Waals surface area contributed by atoms with Crippen LogP contribution in [0.4, 0.5) is 0 Å². The van der Waals surface area contributed by atoms with Gasteiger partial charge in [-0.3, -0.25) is 4.57 Å². The highest BCUT2D eigenvalue weighted by Crippen LogP contribution is 2.48. The van der Waals surface area contributed by atoms with Crippen LogP contribution in [0.15, 0.2) is 176 Å². The number of thiophene rings is 2. The lowest BCUT2D eigenvalue weighted by molar-refractivity contribution is 0.998. The van der Waals surface area contributed by atoms with Gasteiger partial charge in [-0.1, -0.05) is 140 Å². The maximum Gasteiger partial charge on any atom is 0.235 e. The Balaban J connectivity index is 1.19. The van der Waals surface area contributed by atoms with Gasteiger partial charge in [0, 0.05) is 67.6 Å². The quantitative estimate of drug-likeness (QED) is 0.180. The minimum atomic E-state index is 0.660. The molecule has 5 heteroatoms. The third-order valence-electron chi connectivity index (χ3n) is 11.0. The van der Waals surface area contributed by atoms with Gasteiger partial charge in [0.2, 0.25) is 5.95 Å². The van der Waals surface area contributed by atoms with E-state index in [2.05, 4.69) is 180 Å². The van der Waals surface area contributed by atoms with Gasteiger partial charge < -0.3 is 0 Å². The average Bonchev–Trinajstić information content (AvgIpc) is 3.94. The minimum absolute atomic E-state index is 0.660. The normalized spacial score (nSPS) is 12.0. The van der Waals surface area contributed by atoms with E-state index in [0.717, 1.165) is 33.5 Å². The fourth-order valence-corrected chi connectivity index (χ4v) is 10.8. The smallest absolute Gasteiger partial charge is 0.235 e. The molecular weight excluding hydrogens is 707 g/mol. The molecule has 8 aromatic carbocycles. The van der Waals surface area contributed by atoms with Crippen LogP contribution in [0.1, 0.15) is 0 Å². The molecule has 0 unspecified atom stereocenters. The van der Waals surface area contributed by atoms with Crippen molar-refractivity contribution in [2.45, 2.75) is 0 Å². The maximum absolute atomic E-state index is 5.52. The van der Waals surface area contributed by atoms with Crippen LogP contribution in [0, 0.1) is 0 Å². The highest BCUT2D eigenvalue weighted by Gasteiger charge is 2.24. The van der Waals surface area contributed by atoms with Crippen LogP contribution in [0.25, 0.3) is 113 Å². The molecule has 0 bridgehead atoms. The molecule has 0 atom stereocenters. The maximum atomic E-state index is 5.52. The summed E-state index contributed by atoms with van der Waals surface area (Å²) in [5, 5.41) is 9.98. The van der Waals surface area contributed by atoms with Gasteiger partial charge in [0.05, 0.1) is 22.4 Å². The fourth-order valence-electron chi connectivity index (χ4n) is 8.51. The van der Waals surface area contributed by atoms with Crippen molar-refractivity contribution in [2.75, 3.05) is 0 Å². The first-order valence-electron chi connectivity index (χ1n) is 18.5. The van der Waals surface area contributed by atoms with Gasteiger partial charge >= 0.3 is 0 Å². The molecule has 0 saturated heterocycles. The second-order valence-electron chi connectivity index (χ2n) is 14.1. The summed E-state index contributed by atoms with van der Waals surface area (Å²) in [6.07, 6.45) is 0. The van der Waals surface area contributed by atoms with Crippen molar-refractivity contribution in [1.29, 1.82) is 0 Å². The average molecular weight is 736 g/mol. The number of aromatic nitrogens is 3. The zero-order valence-corrected chi connectivity index (χ0v) is 31.0. The van der Waals surface area contributed by atoms with Crippen LogP contribution in [0.2, 0.25) is 0 Å². The zero-order valence-electron chi connectivity index (χ0n) is 29.4. The number of nitrogens with zero attached hydrogens (tertiary/aromatic N) is 3. The van der Waals surface area contributed by atoms with Crippen LogP contribution < -0.4 is 0 Å². The molecule has 0 saturated carbocycles. The van der Waals surface area contributed by atoms with E-state index in [-0.39, 0.29) is 0 Å². The minimum Gasteiger partial charge on any atom is -0.277 e. The molecule has 0 fully saturated rings. The molecule has 4 aromatic heterocycles. The van der Waals surface area contributed by atoms with E-state index in [1.54, 1.807) is 0 Å². The molecule has 0 aliphatic rings. The third kappa shape index (κ3) is 4.67. The second-order valence-corrected chi connectivity index (χ2v) is 16.3. The van der Waals surface area contributed by atoms with Gasteiger partial charge in [-0.05, 0) is 52.9 Å². The molecule has 0 radical (unpaired) electrons. The van der Waals surface area contributed by atoms with Crippen LogP contribution >= 0.6 is 22.7 Å². The summed E-state index contributed by atoms with van der Waals surface area (Å²) in [5.41, 5.74) is 8.49. The Bertz CT molecular complexity index is 3480. The van der Waals surface area contributed by atoms with E-state index in [0.29, 0.717) is 5.95 Å². The Morgan fingerprint density at radius 1 is 0.364 bits per heavy atom. The summed E-state index contributed by atoms with van der Waals surface area (Å²) in [6, 6.07) is 63.4. The Morgan fingerprint density at radius 2 is 0.927 bits per heavy atom. The first kappa shape index (κ1) is 30.8. The van der Waals surface area contributed by atoms with Crippen LogP contribution in [0.3, 0.4) is 0 Å². The van der Waals surface area contributed by atoms with Gasteiger partial charge in [-0.15, -0.1) is 22.7 Å². The van der Waals surface area contributed by atoms with Crippen molar-refractivity contribution in [3.05, 3.63) is 176 Å². The standard InChI is InChI=1S/C50H29N3S2/c1-2-12-30(13-3-1)31-22-24-32(25-23-31)40-29-41(33-26-27-45-39(28-33)34-14-7-10-20-43(34)54-45)52-50(51-40)53-42-19-9-6-17-37(42)46-35-15-4-5-16-36(35)49-47(48(46)53)38-18-8-11-21-44(38)55-49/h1-29H. The predicted molar refractivity (Wildman–Crippen MR) is 236 cm³/mol. The Morgan fingerprint density at radius 3 is 1.73 bits per heavy atom. The van der Waals surface area contributed by atoms with E-state index in [1.165, 1.54) is 73.0 Å². The molecule has 3 nitrogen and oxygen atoms in total. The van der Waals surface area contributed by atoms with Gasteiger partial charge in [-0.2, -0.15) is 0 Å². The number of para-hydroxylation sites is 1. The van der Waals surface area contributed by atoms with E-state index in [1.807, 2.05) is 22.7 Å². The van der Waals surface area contributed by atoms with Gasteiger partial charge in [0.1, 0.15) is 0 Å². The van der Waals surface area contributed by atoms with Crippen molar-refractivity contribution >= 4 is 95.6 Å². The van der Waals surface area contributed by atoms with E-state index in [9.17, 15) is 0 Å². The zero-order chi connectivity index (χ0) is 36.0. The molecule has 55 heavy (non-hydrogen) atoms. The Labute approximate surface area is 324 Å². The fraction of sp³-hybridized carbons (Fsp3) is 0. The number of benzene rings is 8. The lowest BCUT2D eigenvalue weighted by Gasteiger charge is -2.13. The molecule has 12 aromatic rings. The van der Waals surface area contributed by atoms with E-state index < -0.39 is 0 Å². The lowest BCUT2D eigenvalue weighted by Crippen LogP contribution is -2.04. The Hall–Kier alpha value is -6.66. The summed E-state index contributed by atoms with van der Waals surface area (Å²) >= 11 is 3.71. The molecular formula is C50H29N3S2. The largest absolute Gasteiger partial charge is 0.277 e. The molecule has 0 amide bonds. The molecule has 4 heterocycles. The molecule has 12 rings (SSSR count). The Kier molecular flexibility index (Phi) is 6.67. The number of fused-ring (bicyclic) bond motifs is 13. The second kappa shape index (κ2) is 11.9. The number of hydrogen-bond donors (Lipinski definition) is 0. The lowest BCUT2D eigenvalue weighted by atomic mass is 10.00. The van der Waals surface area contributed by atoms with Crippen molar-refractivity contribution in [1.82, 2.24) is 14.5 Å². The van der Waals surface area contributed by atoms with Crippen molar-refractivity contribution < 1.29 is 0 Å². The van der Waals surface area contributed by atoms with Crippen molar-refractivity contribution in [2.24, 2.45) is 0 Å². The predicted octanol–water partition coefficient (Wildman–Crippen LogP) is 14.5. The topological polar surface area (TPSA) is 30.7 Å². The summed E-state index contributed by atoms with van der Waals surface area (Å²) in [7, 11) is 0. The summed E-state index contributed by atoms with van der Waals surface area (Å²) in [4.78, 5) is 11.0. The molecule has 0 aliphatic carbocycles. The number of rotatable bonds is 4. The van der Waals surface area contributed by atoms with Gasteiger partial charge in [-0.25, -0.2) is 9.97 Å². The summed E-state index contributed by atoms with van der Waals surface area (Å²) in [6.45, 7) is 0.